The van der Waals surface area contributed by atoms with E-state index in [0.29, 0.717) is 24.3 Å². The lowest BCUT2D eigenvalue weighted by atomic mass is 9.98. The second-order valence-corrected chi connectivity index (χ2v) is 5.34. The smallest absolute Gasteiger partial charge is 0.254 e. The highest BCUT2D eigenvalue weighted by molar-refractivity contribution is 9.10. The molecule has 0 spiro atoms. The minimum Gasteiger partial charge on any atom is -0.398 e. The Kier molecular flexibility index (Phi) is 3.40. The van der Waals surface area contributed by atoms with Gasteiger partial charge in [-0.2, -0.15) is 0 Å². The monoisotopic (exact) mass is 298 g/mol. The van der Waals surface area contributed by atoms with Crippen LogP contribution in [0.25, 0.3) is 0 Å². The van der Waals surface area contributed by atoms with Crippen molar-refractivity contribution in [2.45, 2.75) is 6.92 Å². The molecule has 1 aliphatic heterocycles. The van der Waals surface area contributed by atoms with Crippen LogP contribution in [0.3, 0.4) is 0 Å². The van der Waals surface area contributed by atoms with Crippen molar-refractivity contribution in [1.82, 2.24) is 4.90 Å². The number of likely N-dealkylation sites (tertiary alicyclic amines) is 1. The molecule has 17 heavy (non-hydrogen) atoms. The number of benzene rings is 1. The van der Waals surface area contributed by atoms with E-state index in [0.717, 1.165) is 10.0 Å². The molecule has 92 valence electrons. The Labute approximate surface area is 109 Å². The van der Waals surface area contributed by atoms with Crippen LogP contribution < -0.4 is 5.73 Å². The average molecular weight is 299 g/mol. The second kappa shape index (κ2) is 4.66. The Hall–Kier alpha value is -1.07. The lowest BCUT2D eigenvalue weighted by Crippen LogP contribution is -2.51. The Morgan fingerprint density at radius 3 is 2.82 bits per heavy atom. The summed E-state index contributed by atoms with van der Waals surface area (Å²) in [5.41, 5.74) is 7.89. The van der Waals surface area contributed by atoms with Gasteiger partial charge in [-0.1, -0.05) is 15.9 Å². The van der Waals surface area contributed by atoms with E-state index in [1.165, 1.54) is 0 Å². The van der Waals surface area contributed by atoms with E-state index in [1.54, 1.807) is 17.0 Å². The molecule has 0 aromatic heterocycles. The van der Waals surface area contributed by atoms with Crippen molar-refractivity contribution in [2.24, 2.45) is 5.92 Å². The number of nitrogens with two attached hydrogens (primary N) is 1. The fraction of sp³-hybridized carbons (Fsp3) is 0.417. The van der Waals surface area contributed by atoms with Crippen LogP contribution in [0.2, 0.25) is 0 Å². The quantitative estimate of drug-likeness (QED) is 0.811. The molecule has 1 aromatic rings. The van der Waals surface area contributed by atoms with Crippen molar-refractivity contribution in [3.8, 4) is 0 Å². The van der Waals surface area contributed by atoms with Gasteiger partial charge < -0.3 is 15.7 Å². The van der Waals surface area contributed by atoms with Crippen LogP contribution >= 0.6 is 15.9 Å². The summed E-state index contributed by atoms with van der Waals surface area (Å²) in [6.07, 6.45) is 0. The molecule has 0 saturated carbocycles. The molecule has 1 aromatic carbocycles. The van der Waals surface area contributed by atoms with Gasteiger partial charge >= 0.3 is 0 Å². The molecular formula is C12H15BrN2O2. The van der Waals surface area contributed by atoms with Gasteiger partial charge in [-0.3, -0.25) is 4.79 Å². The van der Waals surface area contributed by atoms with Crippen LogP contribution in [0.1, 0.15) is 15.9 Å². The zero-order valence-electron chi connectivity index (χ0n) is 9.61. The summed E-state index contributed by atoms with van der Waals surface area (Å²) in [5, 5.41) is 8.93. The molecule has 3 N–H and O–H groups in total. The summed E-state index contributed by atoms with van der Waals surface area (Å²) in [6.45, 7) is 3.24. The number of carbonyl (C=O) groups is 1. The summed E-state index contributed by atoms with van der Waals surface area (Å²) < 4.78 is 0.809. The third-order valence-corrected chi connectivity index (χ3v) is 3.60. The highest BCUT2D eigenvalue weighted by atomic mass is 79.9. The number of hydrogen-bond acceptors (Lipinski definition) is 3. The molecule has 2 rings (SSSR count). The first-order chi connectivity index (χ1) is 8.02. The normalized spacial score (nSPS) is 15.8. The van der Waals surface area contributed by atoms with Gasteiger partial charge in [-0.25, -0.2) is 0 Å². The topological polar surface area (TPSA) is 66.6 Å². The summed E-state index contributed by atoms with van der Waals surface area (Å²) >= 11 is 3.34. The van der Waals surface area contributed by atoms with E-state index in [2.05, 4.69) is 15.9 Å². The number of amides is 1. The first kappa shape index (κ1) is 12.4. The highest BCUT2D eigenvalue weighted by Gasteiger charge is 2.31. The molecule has 0 unspecified atom stereocenters. The summed E-state index contributed by atoms with van der Waals surface area (Å²) in [4.78, 5) is 13.9. The lowest BCUT2D eigenvalue weighted by molar-refractivity contribution is 0.0361. The zero-order chi connectivity index (χ0) is 12.6. The minimum atomic E-state index is -0.0137. The number of nitrogens with zero attached hydrogens (tertiary/aromatic N) is 1. The standard InChI is InChI=1S/C12H15BrN2O2/c1-7-10(2-9(13)3-11(7)14)12(17)15-4-8(5-15)6-16/h2-3,8,16H,4-6,14H2,1H3. The number of carbonyl (C=O) groups excluding carboxylic acids is 1. The molecule has 4 nitrogen and oxygen atoms in total. The fourth-order valence-electron chi connectivity index (χ4n) is 1.94. The third kappa shape index (κ3) is 2.30. The molecule has 5 heteroatoms. The van der Waals surface area contributed by atoms with Crippen molar-refractivity contribution >= 4 is 27.5 Å². The predicted molar refractivity (Wildman–Crippen MR) is 69.8 cm³/mol. The number of anilines is 1. The third-order valence-electron chi connectivity index (χ3n) is 3.15. The van der Waals surface area contributed by atoms with Gasteiger partial charge in [0.2, 0.25) is 0 Å². The zero-order valence-corrected chi connectivity index (χ0v) is 11.2. The number of aliphatic hydroxyl groups is 1. The molecule has 1 saturated heterocycles. The molecule has 1 fully saturated rings. The van der Waals surface area contributed by atoms with Crippen LogP contribution in [0.4, 0.5) is 5.69 Å². The summed E-state index contributed by atoms with van der Waals surface area (Å²) in [7, 11) is 0. The van der Waals surface area contributed by atoms with Crippen LogP contribution in [-0.4, -0.2) is 35.6 Å². The molecule has 0 bridgehead atoms. The molecule has 1 amide bonds. The predicted octanol–water partition coefficient (Wildman–Crippen LogP) is 1.40. The lowest BCUT2D eigenvalue weighted by Gasteiger charge is -2.38. The first-order valence-corrected chi connectivity index (χ1v) is 6.28. The van der Waals surface area contributed by atoms with E-state index in [1.807, 2.05) is 6.92 Å². The maximum atomic E-state index is 12.2. The maximum absolute atomic E-state index is 12.2. The van der Waals surface area contributed by atoms with Crippen molar-refractivity contribution in [2.75, 3.05) is 25.4 Å². The largest absolute Gasteiger partial charge is 0.398 e. The average Bonchev–Trinajstić information content (AvgIpc) is 2.21. The molecule has 0 atom stereocenters. The number of nitrogen functional groups attached to an aromatic ring is 1. The van der Waals surface area contributed by atoms with Crippen molar-refractivity contribution in [3.63, 3.8) is 0 Å². The van der Waals surface area contributed by atoms with E-state index < -0.39 is 0 Å². The number of halogens is 1. The molecule has 0 radical (unpaired) electrons. The van der Waals surface area contributed by atoms with Crippen LogP contribution in [0.15, 0.2) is 16.6 Å². The van der Waals surface area contributed by atoms with Crippen LogP contribution in [0.5, 0.6) is 0 Å². The van der Waals surface area contributed by atoms with Gasteiger partial charge in [0.25, 0.3) is 5.91 Å². The second-order valence-electron chi connectivity index (χ2n) is 4.43. The van der Waals surface area contributed by atoms with Gasteiger partial charge in [0, 0.05) is 41.3 Å². The number of aliphatic hydroxyl groups excluding tert-OH is 1. The molecule has 0 aliphatic carbocycles. The highest BCUT2D eigenvalue weighted by Crippen LogP contribution is 2.26. The van der Waals surface area contributed by atoms with E-state index in [4.69, 9.17) is 10.8 Å². The number of rotatable bonds is 2. The van der Waals surface area contributed by atoms with E-state index in [9.17, 15) is 4.79 Å². The molecular weight excluding hydrogens is 284 g/mol. The Morgan fingerprint density at radius 2 is 2.24 bits per heavy atom. The maximum Gasteiger partial charge on any atom is 0.254 e. The minimum absolute atomic E-state index is 0.0137. The van der Waals surface area contributed by atoms with Gasteiger partial charge in [0.15, 0.2) is 0 Å². The Balaban J connectivity index is 2.20. The first-order valence-electron chi connectivity index (χ1n) is 5.48. The van der Waals surface area contributed by atoms with Crippen molar-refractivity contribution < 1.29 is 9.90 Å². The van der Waals surface area contributed by atoms with E-state index in [-0.39, 0.29) is 18.4 Å². The number of hydrogen-bond donors (Lipinski definition) is 2. The fourth-order valence-corrected chi connectivity index (χ4v) is 2.42. The summed E-state index contributed by atoms with van der Waals surface area (Å²) in [5.74, 6) is 0.212. The SMILES string of the molecule is Cc1c(N)cc(Br)cc1C(=O)N1CC(CO)C1. The van der Waals surface area contributed by atoms with Gasteiger partial charge in [-0.15, -0.1) is 0 Å². The van der Waals surface area contributed by atoms with Crippen molar-refractivity contribution in [3.05, 3.63) is 27.7 Å². The summed E-state index contributed by atoms with van der Waals surface area (Å²) in [6, 6.07) is 3.58. The molecule has 1 heterocycles. The van der Waals surface area contributed by atoms with Crippen LogP contribution in [0, 0.1) is 12.8 Å². The van der Waals surface area contributed by atoms with Crippen LogP contribution in [-0.2, 0) is 0 Å². The van der Waals surface area contributed by atoms with Gasteiger partial charge in [0.05, 0.1) is 0 Å². The Morgan fingerprint density at radius 1 is 1.59 bits per heavy atom. The van der Waals surface area contributed by atoms with Gasteiger partial charge in [0.1, 0.15) is 0 Å². The van der Waals surface area contributed by atoms with Crippen molar-refractivity contribution in [1.29, 1.82) is 0 Å². The van der Waals surface area contributed by atoms with Gasteiger partial charge in [-0.05, 0) is 24.6 Å². The Bertz CT molecular complexity index is 456. The molecule has 1 aliphatic rings. The van der Waals surface area contributed by atoms with E-state index >= 15 is 0 Å².